The molecule has 0 radical (unpaired) electrons. The number of rotatable bonds is 2. The molecule has 0 amide bonds. The largest absolute Gasteiger partial charge is 0.513 e. The molecule has 0 unspecified atom stereocenters. The molecule has 1 aromatic rings. The summed E-state index contributed by atoms with van der Waals surface area (Å²) in [4.78, 5) is 10.7. The first-order valence-corrected chi connectivity index (χ1v) is 4.14. The molecule has 0 aliphatic heterocycles. The van der Waals surface area contributed by atoms with Gasteiger partial charge < -0.3 is 9.47 Å². The maximum atomic E-state index is 10.7. The molecule has 0 fully saturated rings. The fraction of sp³-hybridized carbons (Fsp3) is 0.286. The van der Waals surface area contributed by atoms with Crippen LogP contribution in [-0.2, 0) is 4.74 Å². The number of ether oxygens (including phenoxy) is 2. The predicted octanol–water partition coefficient (Wildman–Crippen LogP) is 2.28. The van der Waals surface area contributed by atoms with Crippen molar-refractivity contribution in [3.63, 3.8) is 0 Å². The number of carbonyl (C=O) groups is 1. The Morgan fingerprint density at radius 1 is 1.73 bits per heavy atom. The van der Waals surface area contributed by atoms with E-state index in [9.17, 15) is 4.79 Å². The second kappa shape index (κ2) is 3.98. The second-order valence-corrected chi connectivity index (χ2v) is 2.52. The SMILES string of the molecule is CCOC(=O)Oc1ccsc1. The molecule has 0 atom stereocenters. The summed E-state index contributed by atoms with van der Waals surface area (Å²) in [6.45, 7) is 2.07. The molecular formula is C7H8O3S. The van der Waals surface area contributed by atoms with E-state index in [1.165, 1.54) is 11.3 Å². The molecular weight excluding hydrogens is 164 g/mol. The third-order valence-electron chi connectivity index (χ3n) is 0.958. The zero-order valence-corrected chi connectivity index (χ0v) is 6.89. The molecule has 1 rings (SSSR count). The van der Waals surface area contributed by atoms with Crippen molar-refractivity contribution in [3.05, 3.63) is 16.8 Å². The van der Waals surface area contributed by atoms with Crippen LogP contribution in [0.4, 0.5) is 4.79 Å². The van der Waals surface area contributed by atoms with Gasteiger partial charge in [-0.25, -0.2) is 4.79 Å². The molecule has 0 aromatic carbocycles. The van der Waals surface area contributed by atoms with Gasteiger partial charge in [0.05, 0.1) is 6.61 Å². The Hall–Kier alpha value is -1.03. The number of hydrogen-bond acceptors (Lipinski definition) is 4. The Kier molecular flexibility index (Phi) is 2.92. The molecule has 3 nitrogen and oxygen atoms in total. The van der Waals surface area contributed by atoms with Crippen molar-refractivity contribution in [2.45, 2.75) is 6.92 Å². The van der Waals surface area contributed by atoms with Crippen LogP contribution in [0.2, 0.25) is 0 Å². The van der Waals surface area contributed by atoms with E-state index < -0.39 is 6.16 Å². The van der Waals surface area contributed by atoms with Crippen LogP contribution >= 0.6 is 11.3 Å². The van der Waals surface area contributed by atoms with Gasteiger partial charge in [0.25, 0.3) is 0 Å². The van der Waals surface area contributed by atoms with Crippen molar-refractivity contribution in [2.75, 3.05) is 6.61 Å². The molecule has 0 aliphatic rings. The Labute approximate surface area is 68.6 Å². The molecule has 0 saturated heterocycles. The molecule has 0 bridgehead atoms. The fourth-order valence-electron chi connectivity index (χ4n) is 0.554. The highest BCUT2D eigenvalue weighted by Crippen LogP contribution is 2.14. The molecule has 0 aliphatic carbocycles. The summed E-state index contributed by atoms with van der Waals surface area (Å²) >= 11 is 1.47. The summed E-state index contributed by atoms with van der Waals surface area (Å²) < 4.78 is 9.30. The average molecular weight is 172 g/mol. The Morgan fingerprint density at radius 3 is 3.09 bits per heavy atom. The van der Waals surface area contributed by atoms with E-state index in [0.717, 1.165) is 0 Å². The average Bonchev–Trinajstić information content (AvgIpc) is 2.40. The van der Waals surface area contributed by atoms with Gasteiger partial charge in [0.1, 0.15) is 5.75 Å². The first-order valence-electron chi connectivity index (χ1n) is 3.19. The third-order valence-corrected chi connectivity index (χ3v) is 1.62. The van der Waals surface area contributed by atoms with Gasteiger partial charge in [-0.1, -0.05) is 0 Å². The monoisotopic (exact) mass is 172 g/mol. The van der Waals surface area contributed by atoms with Crippen LogP contribution < -0.4 is 4.74 Å². The Balaban J connectivity index is 2.37. The van der Waals surface area contributed by atoms with Gasteiger partial charge in [0, 0.05) is 5.38 Å². The third kappa shape index (κ3) is 2.59. The van der Waals surface area contributed by atoms with Crippen molar-refractivity contribution in [1.82, 2.24) is 0 Å². The predicted molar refractivity (Wildman–Crippen MR) is 42.0 cm³/mol. The lowest BCUT2D eigenvalue weighted by atomic mass is 10.6. The first-order chi connectivity index (χ1) is 5.33. The van der Waals surface area contributed by atoms with E-state index in [1.807, 2.05) is 5.38 Å². The zero-order chi connectivity index (χ0) is 8.10. The molecule has 1 heterocycles. The molecule has 0 N–H and O–H groups in total. The standard InChI is InChI=1S/C7H8O3S/c1-2-9-7(8)10-6-3-4-11-5-6/h3-5H,2H2,1H3. The van der Waals surface area contributed by atoms with Gasteiger partial charge in [-0.15, -0.1) is 11.3 Å². The highest BCUT2D eigenvalue weighted by molar-refractivity contribution is 7.08. The smallest absolute Gasteiger partial charge is 0.434 e. The normalized spacial score (nSPS) is 9.18. The van der Waals surface area contributed by atoms with Crippen LogP contribution in [0.5, 0.6) is 5.75 Å². The van der Waals surface area contributed by atoms with Gasteiger partial charge in [-0.05, 0) is 18.4 Å². The summed E-state index contributed by atoms with van der Waals surface area (Å²) in [5, 5.41) is 3.56. The van der Waals surface area contributed by atoms with E-state index in [2.05, 4.69) is 4.74 Å². The molecule has 0 saturated carbocycles. The minimum absolute atomic E-state index is 0.336. The maximum absolute atomic E-state index is 10.7. The first kappa shape index (κ1) is 8.07. The lowest BCUT2D eigenvalue weighted by Crippen LogP contribution is -2.09. The summed E-state index contributed by atoms with van der Waals surface area (Å²) in [6.07, 6.45) is -0.647. The van der Waals surface area contributed by atoms with Crippen molar-refractivity contribution in [3.8, 4) is 5.75 Å². The van der Waals surface area contributed by atoms with Gasteiger partial charge in [0.15, 0.2) is 0 Å². The van der Waals surface area contributed by atoms with Crippen LogP contribution in [0.1, 0.15) is 6.92 Å². The van der Waals surface area contributed by atoms with Gasteiger partial charge in [-0.2, -0.15) is 0 Å². The van der Waals surface area contributed by atoms with E-state index in [1.54, 1.807) is 18.4 Å². The Bertz CT molecular complexity index is 218. The lowest BCUT2D eigenvalue weighted by molar-refractivity contribution is 0.104. The summed E-state index contributed by atoms with van der Waals surface area (Å²) in [7, 11) is 0. The fourth-order valence-corrected chi connectivity index (χ4v) is 1.11. The van der Waals surface area contributed by atoms with Gasteiger partial charge in [-0.3, -0.25) is 0 Å². The molecule has 0 spiro atoms. The molecule has 11 heavy (non-hydrogen) atoms. The second-order valence-electron chi connectivity index (χ2n) is 1.74. The lowest BCUT2D eigenvalue weighted by Gasteiger charge is -1.99. The molecule has 60 valence electrons. The quantitative estimate of drug-likeness (QED) is 0.642. The van der Waals surface area contributed by atoms with Crippen LogP contribution in [0.25, 0.3) is 0 Å². The van der Waals surface area contributed by atoms with Crippen LogP contribution in [0.3, 0.4) is 0 Å². The number of thiophene rings is 1. The zero-order valence-electron chi connectivity index (χ0n) is 6.07. The van der Waals surface area contributed by atoms with Crippen molar-refractivity contribution in [1.29, 1.82) is 0 Å². The molecule has 4 heteroatoms. The Morgan fingerprint density at radius 2 is 2.55 bits per heavy atom. The van der Waals surface area contributed by atoms with Crippen molar-refractivity contribution >= 4 is 17.5 Å². The van der Waals surface area contributed by atoms with Gasteiger partial charge >= 0.3 is 6.16 Å². The number of hydrogen-bond donors (Lipinski definition) is 0. The summed E-state index contributed by atoms with van der Waals surface area (Å²) in [5.74, 6) is 0.536. The van der Waals surface area contributed by atoms with Crippen LogP contribution in [0.15, 0.2) is 16.8 Å². The van der Waals surface area contributed by atoms with E-state index in [0.29, 0.717) is 12.4 Å². The minimum Gasteiger partial charge on any atom is -0.434 e. The van der Waals surface area contributed by atoms with Crippen LogP contribution in [-0.4, -0.2) is 12.8 Å². The van der Waals surface area contributed by atoms with E-state index in [4.69, 9.17) is 4.74 Å². The maximum Gasteiger partial charge on any atom is 0.513 e. The highest BCUT2D eigenvalue weighted by atomic mass is 32.1. The van der Waals surface area contributed by atoms with E-state index >= 15 is 0 Å². The van der Waals surface area contributed by atoms with Crippen molar-refractivity contribution < 1.29 is 14.3 Å². The molecule has 1 aromatic heterocycles. The van der Waals surface area contributed by atoms with Crippen LogP contribution in [0, 0.1) is 0 Å². The van der Waals surface area contributed by atoms with E-state index in [-0.39, 0.29) is 0 Å². The highest BCUT2D eigenvalue weighted by Gasteiger charge is 2.03. The number of carbonyl (C=O) groups excluding carboxylic acids is 1. The van der Waals surface area contributed by atoms with Crippen molar-refractivity contribution in [2.24, 2.45) is 0 Å². The summed E-state index contributed by atoms with van der Waals surface area (Å²) in [6, 6.07) is 1.71. The topological polar surface area (TPSA) is 35.5 Å². The summed E-state index contributed by atoms with van der Waals surface area (Å²) in [5.41, 5.74) is 0. The minimum atomic E-state index is -0.647. The van der Waals surface area contributed by atoms with Gasteiger partial charge in [0.2, 0.25) is 0 Å².